The lowest BCUT2D eigenvalue weighted by atomic mass is 9.94. The van der Waals surface area contributed by atoms with Crippen LogP contribution in [0, 0.1) is 13.8 Å². The molecule has 3 amide bonds. The minimum atomic E-state index is -0.297. The van der Waals surface area contributed by atoms with Crippen LogP contribution in [-0.2, 0) is 4.79 Å². The van der Waals surface area contributed by atoms with Gasteiger partial charge in [-0.1, -0.05) is 30.3 Å². The lowest BCUT2D eigenvalue weighted by Crippen LogP contribution is -2.41. The molecule has 29 heavy (non-hydrogen) atoms. The third-order valence-electron chi connectivity index (χ3n) is 5.43. The summed E-state index contributed by atoms with van der Waals surface area (Å²) in [5.74, 6) is -0.726. The number of hydrogen-bond donors (Lipinski definition) is 1. The minimum Gasteiger partial charge on any atom is -0.326 e. The molecule has 146 valence electrons. The molecular weight excluding hydrogens is 364 g/mol. The highest BCUT2D eigenvalue weighted by atomic mass is 16.2. The normalized spacial score (nSPS) is 13.1. The smallest absolute Gasteiger partial charge is 0.261 e. The van der Waals surface area contributed by atoms with Crippen molar-refractivity contribution < 1.29 is 14.4 Å². The molecule has 5 nitrogen and oxygen atoms in total. The van der Waals surface area contributed by atoms with E-state index in [2.05, 4.69) is 5.32 Å². The van der Waals surface area contributed by atoms with E-state index in [0.717, 1.165) is 16.6 Å². The number of nitrogens with zero attached hydrogens (tertiary/aromatic N) is 1. The Hall–Kier alpha value is -3.47. The average Bonchev–Trinajstić information content (AvgIpc) is 2.71. The molecule has 5 heteroatoms. The molecule has 3 aromatic carbocycles. The second-order valence-electron chi connectivity index (χ2n) is 7.42. The second-order valence-corrected chi connectivity index (χ2v) is 7.42. The van der Waals surface area contributed by atoms with Gasteiger partial charge in [-0.05, 0) is 61.0 Å². The Morgan fingerprint density at radius 1 is 0.897 bits per heavy atom. The first-order valence-electron chi connectivity index (χ1n) is 9.71. The van der Waals surface area contributed by atoms with Gasteiger partial charge < -0.3 is 5.32 Å². The first-order valence-corrected chi connectivity index (χ1v) is 9.71. The standard InChI is InChI=1S/C24H22N2O3/c1-15-11-12-18(14-16(15)2)25-21(27)10-5-13-26-23(28)19-8-3-6-17-7-4-9-20(22(17)19)24(26)29/h3-4,6-9,11-12,14H,5,10,13H2,1-2H3,(H,25,27). The molecule has 0 unspecified atom stereocenters. The van der Waals surface area contributed by atoms with Gasteiger partial charge >= 0.3 is 0 Å². The van der Waals surface area contributed by atoms with E-state index in [-0.39, 0.29) is 30.7 Å². The Balaban J connectivity index is 1.42. The van der Waals surface area contributed by atoms with E-state index in [4.69, 9.17) is 0 Å². The summed E-state index contributed by atoms with van der Waals surface area (Å²) in [6.45, 7) is 4.23. The van der Waals surface area contributed by atoms with Gasteiger partial charge in [-0.25, -0.2) is 0 Å². The van der Waals surface area contributed by atoms with E-state index in [1.165, 1.54) is 10.5 Å². The summed E-state index contributed by atoms with van der Waals surface area (Å²) < 4.78 is 0. The number of aryl methyl sites for hydroxylation is 2. The van der Waals surface area contributed by atoms with Gasteiger partial charge in [-0.15, -0.1) is 0 Å². The number of carbonyl (C=O) groups excluding carboxylic acids is 3. The molecule has 0 aliphatic carbocycles. The van der Waals surface area contributed by atoms with Gasteiger partial charge in [0.2, 0.25) is 5.91 Å². The van der Waals surface area contributed by atoms with Crippen LogP contribution in [0.4, 0.5) is 5.69 Å². The number of hydrogen-bond acceptors (Lipinski definition) is 3. The van der Waals surface area contributed by atoms with E-state index in [0.29, 0.717) is 22.9 Å². The van der Waals surface area contributed by atoms with Gasteiger partial charge in [0.05, 0.1) is 0 Å². The van der Waals surface area contributed by atoms with Crippen molar-refractivity contribution in [1.82, 2.24) is 4.90 Å². The number of carbonyl (C=O) groups is 3. The van der Waals surface area contributed by atoms with Gasteiger partial charge in [-0.3, -0.25) is 19.3 Å². The van der Waals surface area contributed by atoms with E-state index >= 15 is 0 Å². The van der Waals surface area contributed by atoms with Crippen LogP contribution in [-0.4, -0.2) is 29.2 Å². The van der Waals surface area contributed by atoms with Crippen molar-refractivity contribution in [3.05, 3.63) is 76.9 Å². The third-order valence-corrected chi connectivity index (χ3v) is 5.43. The summed E-state index contributed by atoms with van der Waals surface area (Å²) in [6.07, 6.45) is 0.641. The van der Waals surface area contributed by atoms with Crippen LogP contribution >= 0.6 is 0 Å². The molecule has 0 spiro atoms. The highest BCUT2D eigenvalue weighted by molar-refractivity contribution is 6.25. The summed E-state index contributed by atoms with van der Waals surface area (Å²) in [5, 5.41) is 4.47. The monoisotopic (exact) mass is 386 g/mol. The number of amides is 3. The van der Waals surface area contributed by atoms with E-state index < -0.39 is 0 Å². The molecule has 0 radical (unpaired) electrons. The van der Waals surface area contributed by atoms with Gasteiger partial charge in [-0.2, -0.15) is 0 Å². The molecule has 1 N–H and O–H groups in total. The zero-order valence-corrected chi connectivity index (χ0v) is 16.5. The average molecular weight is 386 g/mol. The van der Waals surface area contributed by atoms with Gasteiger partial charge in [0.1, 0.15) is 0 Å². The van der Waals surface area contributed by atoms with Crippen molar-refractivity contribution in [1.29, 1.82) is 0 Å². The quantitative estimate of drug-likeness (QED) is 0.658. The van der Waals surface area contributed by atoms with Crippen LogP contribution in [0.1, 0.15) is 44.7 Å². The molecular formula is C24H22N2O3. The van der Waals surface area contributed by atoms with Crippen molar-refractivity contribution in [3.8, 4) is 0 Å². The fraction of sp³-hybridized carbons (Fsp3) is 0.208. The summed E-state index contributed by atoms with van der Waals surface area (Å²) >= 11 is 0. The molecule has 0 atom stereocenters. The Morgan fingerprint density at radius 3 is 2.17 bits per heavy atom. The predicted octanol–water partition coefficient (Wildman–Crippen LogP) is 4.47. The first-order chi connectivity index (χ1) is 14.0. The van der Waals surface area contributed by atoms with Crippen LogP contribution < -0.4 is 5.32 Å². The van der Waals surface area contributed by atoms with Gasteiger partial charge in [0, 0.05) is 35.2 Å². The Labute approximate surface area is 169 Å². The fourth-order valence-electron chi connectivity index (χ4n) is 3.72. The maximum atomic E-state index is 12.9. The first kappa shape index (κ1) is 18.9. The van der Waals surface area contributed by atoms with Gasteiger partial charge in [0.15, 0.2) is 0 Å². The summed E-state index contributed by atoms with van der Waals surface area (Å²) in [4.78, 5) is 39.2. The van der Waals surface area contributed by atoms with E-state index in [9.17, 15) is 14.4 Å². The molecule has 1 aliphatic rings. The lowest BCUT2D eigenvalue weighted by Gasteiger charge is -2.27. The van der Waals surface area contributed by atoms with Crippen molar-refractivity contribution in [3.63, 3.8) is 0 Å². The predicted molar refractivity (Wildman–Crippen MR) is 113 cm³/mol. The van der Waals surface area contributed by atoms with Crippen molar-refractivity contribution in [2.75, 3.05) is 11.9 Å². The SMILES string of the molecule is Cc1ccc(NC(=O)CCCN2C(=O)c3cccc4cccc(c34)C2=O)cc1C. The third kappa shape index (κ3) is 3.51. The van der Waals surface area contributed by atoms with Crippen molar-refractivity contribution in [2.24, 2.45) is 0 Å². The lowest BCUT2D eigenvalue weighted by molar-refractivity contribution is -0.116. The highest BCUT2D eigenvalue weighted by Gasteiger charge is 2.32. The highest BCUT2D eigenvalue weighted by Crippen LogP contribution is 2.30. The number of benzene rings is 3. The van der Waals surface area contributed by atoms with E-state index in [1.807, 2.05) is 56.3 Å². The fourth-order valence-corrected chi connectivity index (χ4v) is 3.72. The molecule has 1 heterocycles. The number of nitrogens with one attached hydrogen (secondary N) is 1. The second kappa shape index (κ2) is 7.51. The zero-order chi connectivity index (χ0) is 20.5. The number of anilines is 1. The van der Waals surface area contributed by atoms with Crippen LogP contribution in [0.15, 0.2) is 54.6 Å². The molecule has 0 fully saturated rings. The maximum Gasteiger partial charge on any atom is 0.261 e. The van der Waals surface area contributed by atoms with Crippen molar-refractivity contribution in [2.45, 2.75) is 26.7 Å². The number of rotatable bonds is 5. The molecule has 4 rings (SSSR count). The summed E-state index contributed by atoms with van der Waals surface area (Å²) in [7, 11) is 0. The zero-order valence-electron chi connectivity index (χ0n) is 16.5. The number of imide groups is 1. The molecule has 1 aliphatic heterocycles. The van der Waals surface area contributed by atoms with Crippen LogP contribution in [0.2, 0.25) is 0 Å². The summed E-state index contributed by atoms with van der Waals surface area (Å²) in [6, 6.07) is 16.7. The Bertz CT molecular complexity index is 1100. The molecule has 0 aromatic heterocycles. The Kier molecular flexibility index (Phi) is 4.89. The molecule has 3 aromatic rings. The molecule has 0 saturated carbocycles. The molecule has 0 saturated heterocycles. The van der Waals surface area contributed by atoms with E-state index in [1.54, 1.807) is 12.1 Å². The van der Waals surface area contributed by atoms with Crippen molar-refractivity contribution >= 4 is 34.2 Å². The topological polar surface area (TPSA) is 66.5 Å². The van der Waals surface area contributed by atoms with Crippen LogP contribution in [0.5, 0.6) is 0 Å². The minimum absolute atomic E-state index is 0.132. The van der Waals surface area contributed by atoms with Gasteiger partial charge in [0.25, 0.3) is 11.8 Å². The van der Waals surface area contributed by atoms with Crippen LogP contribution in [0.3, 0.4) is 0 Å². The Morgan fingerprint density at radius 2 is 1.55 bits per heavy atom. The summed E-state index contributed by atoms with van der Waals surface area (Å²) in [5.41, 5.74) is 4.11. The largest absolute Gasteiger partial charge is 0.326 e. The van der Waals surface area contributed by atoms with Crippen LogP contribution in [0.25, 0.3) is 10.8 Å². The molecule has 0 bridgehead atoms. The maximum absolute atomic E-state index is 12.9.